The van der Waals surface area contributed by atoms with Gasteiger partial charge in [-0.2, -0.15) is 0 Å². The molecule has 0 bridgehead atoms. The quantitative estimate of drug-likeness (QED) is 0.175. The van der Waals surface area contributed by atoms with Gasteiger partial charge in [-0.1, -0.05) is 61.7 Å². The van der Waals surface area contributed by atoms with Gasteiger partial charge in [0, 0.05) is 17.7 Å². The topological polar surface area (TPSA) is 92.7 Å². The predicted molar refractivity (Wildman–Crippen MR) is 150 cm³/mol. The molecule has 0 radical (unpaired) electrons. The van der Waals surface area contributed by atoms with Crippen LogP contribution in [0.5, 0.6) is 5.75 Å². The fourth-order valence-corrected chi connectivity index (χ4v) is 4.29. The first-order valence-electron chi connectivity index (χ1n) is 13.3. The summed E-state index contributed by atoms with van der Waals surface area (Å²) in [6.07, 6.45) is 6.42. The van der Waals surface area contributed by atoms with Gasteiger partial charge in [-0.15, -0.1) is 0 Å². The van der Waals surface area contributed by atoms with Gasteiger partial charge in [0.1, 0.15) is 5.75 Å². The average Bonchev–Trinajstić information content (AvgIpc) is 2.90. The molecule has 0 aromatic heterocycles. The van der Waals surface area contributed by atoms with E-state index in [4.69, 9.17) is 9.84 Å². The Balaban J connectivity index is 1.29. The van der Waals surface area contributed by atoms with E-state index in [1.807, 2.05) is 42.5 Å². The fraction of sp³-hybridized carbons (Fsp3) is 0.344. The summed E-state index contributed by atoms with van der Waals surface area (Å²) in [5, 5.41) is 11.3. The number of benzene rings is 3. The zero-order valence-corrected chi connectivity index (χ0v) is 22.3. The Morgan fingerprint density at radius 3 is 2.13 bits per heavy atom. The van der Waals surface area contributed by atoms with E-state index in [1.54, 1.807) is 19.1 Å². The number of aliphatic carboxylic acids is 1. The Bertz CT molecular complexity index is 1220. The van der Waals surface area contributed by atoms with Crippen LogP contribution in [0.4, 0.5) is 0 Å². The molecule has 1 amide bonds. The van der Waals surface area contributed by atoms with Crippen molar-refractivity contribution in [1.29, 1.82) is 0 Å². The molecule has 3 aromatic rings. The molecule has 0 heterocycles. The van der Waals surface area contributed by atoms with E-state index in [-0.39, 0.29) is 24.7 Å². The molecule has 0 aliphatic heterocycles. The lowest BCUT2D eigenvalue weighted by molar-refractivity contribution is -0.136. The van der Waals surface area contributed by atoms with E-state index in [9.17, 15) is 14.4 Å². The fourth-order valence-electron chi connectivity index (χ4n) is 4.29. The van der Waals surface area contributed by atoms with Crippen molar-refractivity contribution >= 4 is 17.7 Å². The van der Waals surface area contributed by atoms with Crippen LogP contribution in [-0.4, -0.2) is 35.9 Å². The summed E-state index contributed by atoms with van der Waals surface area (Å²) in [4.78, 5) is 34.0. The number of carboxylic acids is 1. The molecule has 6 nitrogen and oxygen atoms in total. The van der Waals surface area contributed by atoms with Crippen LogP contribution in [-0.2, 0) is 11.2 Å². The number of hydrogen-bond acceptors (Lipinski definition) is 4. The first-order chi connectivity index (χ1) is 18.3. The number of hydrogen-bond donors (Lipinski definition) is 2. The molecule has 0 aliphatic rings. The number of amides is 1. The SMILES string of the molecule is CC(=O)c1ccc(-c2ccc(OCCCCCCCc3ccc(C(=O)NCCC(=O)O)cc3)cc2C)cc1. The third-order valence-electron chi connectivity index (χ3n) is 6.52. The Morgan fingerprint density at radius 1 is 0.816 bits per heavy atom. The van der Waals surface area contributed by atoms with Crippen molar-refractivity contribution in [2.24, 2.45) is 0 Å². The van der Waals surface area contributed by atoms with Crippen LogP contribution >= 0.6 is 0 Å². The average molecular weight is 516 g/mol. The zero-order chi connectivity index (χ0) is 27.3. The van der Waals surface area contributed by atoms with Crippen molar-refractivity contribution < 1.29 is 24.2 Å². The van der Waals surface area contributed by atoms with E-state index in [0.29, 0.717) is 12.2 Å². The summed E-state index contributed by atoms with van der Waals surface area (Å²) >= 11 is 0. The number of carbonyl (C=O) groups excluding carboxylic acids is 2. The minimum absolute atomic E-state index is 0.0720. The molecule has 6 heteroatoms. The first-order valence-corrected chi connectivity index (χ1v) is 13.3. The number of aryl methyl sites for hydroxylation is 2. The highest BCUT2D eigenvalue weighted by atomic mass is 16.5. The highest BCUT2D eigenvalue weighted by Gasteiger charge is 2.07. The molecule has 0 unspecified atom stereocenters. The van der Waals surface area contributed by atoms with E-state index in [0.717, 1.165) is 66.5 Å². The number of unbranched alkanes of at least 4 members (excludes halogenated alkanes) is 4. The number of nitrogens with one attached hydrogen (secondary N) is 1. The number of carbonyl (C=O) groups is 3. The number of Topliss-reactive ketones (excluding diaryl/α,β-unsaturated/α-hetero) is 1. The summed E-state index contributed by atoms with van der Waals surface area (Å²) in [6, 6.07) is 21.4. The van der Waals surface area contributed by atoms with Gasteiger partial charge in [0.15, 0.2) is 5.78 Å². The lowest BCUT2D eigenvalue weighted by Crippen LogP contribution is -2.25. The third kappa shape index (κ3) is 9.18. The van der Waals surface area contributed by atoms with Crippen molar-refractivity contribution in [3.63, 3.8) is 0 Å². The Labute approximate surface area is 225 Å². The van der Waals surface area contributed by atoms with Crippen LogP contribution in [0.2, 0.25) is 0 Å². The second-order valence-electron chi connectivity index (χ2n) is 9.57. The van der Waals surface area contributed by atoms with Crippen molar-refractivity contribution in [1.82, 2.24) is 5.32 Å². The minimum Gasteiger partial charge on any atom is -0.494 e. The molecular weight excluding hydrogens is 478 g/mol. The smallest absolute Gasteiger partial charge is 0.305 e. The molecule has 0 saturated carbocycles. The minimum atomic E-state index is -0.927. The monoisotopic (exact) mass is 515 g/mol. The molecule has 38 heavy (non-hydrogen) atoms. The van der Waals surface area contributed by atoms with Crippen molar-refractivity contribution in [3.8, 4) is 16.9 Å². The number of ether oxygens (including phenoxy) is 1. The summed E-state index contributed by atoms with van der Waals surface area (Å²) in [5.74, 6) is -0.218. The molecule has 2 N–H and O–H groups in total. The molecule has 3 aromatic carbocycles. The largest absolute Gasteiger partial charge is 0.494 e. The second-order valence-corrected chi connectivity index (χ2v) is 9.57. The Kier molecular flexibility index (Phi) is 11.1. The normalized spacial score (nSPS) is 10.7. The lowest BCUT2D eigenvalue weighted by Gasteiger charge is -2.11. The maximum Gasteiger partial charge on any atom is 0.305 e. The van der Waals surface area contributed by atoms with Crippen LogP contribution in [0.25, 0.3) is 11.1 Å². The van der Waals surface area contributed by atoms with Crippen LogP contribution in [0.15, 0.2) is 66.7 Å². The van der Waals surface area contributed by atoms with E-state index < -0.39 is 5.97 Å². The Hall–Kier alpha value is -3.93. The van der Waals surface area contributed by atoms with Gasteiger partial charge in [0.2, 0.25) is 0 Å². The Morgan fingerprint density at radius 2 is 1.47 bits per heavy atom. The summed E-state index contributed by atoms with van der Waals surface area (Å²) in [6.45, 7) is 4.48. The molecule has 0 fully saturated rings. The number of rotatable bonds is 15. The summed E-state index contributed by atoms with van der Waals surface area (Å²) in [7, 11) is 0. The highest BCUT2D eigenvalue weighted by Crippen LogP contribution is 2.27. The molecular formula is C32H37NO5. The van der Waals surface area contributed by atoms with Gasteiger partial charge in [-0.25, -0.2) is 0 Å². The van der Waals surface area contributed by atoms with Crippen LogP contribution < -0.4 is 10.1 Å². The van der Waals surface area contributed by atoms with Crippen LogP contribution in [0.3, 0.4) is 0 Å². The van der Waals surface area contributed by atoms with Gasteiger partial charge >= 0.3 is 5.97 Å². The van der Waals surface area contributed by atoms with Gasteiger partial charge in [0.05, 0.1) is 13.0 Å². The second kappa shape index (κ2) is 14.7. The van der Waals surface area contributed by atoms with E-state index in [1.165, 1.54) is 5.56 Å². The molecule has 0 saturated heterocycles. The maximum atomic E-state index is 12.0. The molecule has 0 atom stereocenters. The third-order valence-corrected chi connectivity index (χ3v) is 6.52. The number of carboxylic acid groups (broad SMARTS) is 1. The van der Waals surface area contributed by atoms with Gasteiger partial charge in [-0.05, 0) is 79.6 Å². The summed E-state index contributed by atoms with van der Waals surface area (Å²) in [5.41, 5.74) is 5.84. The molecule has 200 valence electrons. The van der Waals surface area contributed by atoms with Crippen molar-refractivity contribution in [3.05, 3.63) is 89.0 Å². The zero-order valence-electron chi connectivity index (χ0n) is 22.3. The van der Waals surface area contributed by atoms with Crippen LogP contribution in [0.1, 0.15) is 77.3 Å². The highest BCUT2D eigenvalue weighted by molar-refractivity contribution is 5.95. The van der Waals surface area contributed by atoms with Gasteiger partial charge < -0.3 is 15.2 Å². The van der Waals surface area contributed by atoms with Crippen LogP contribution in [0, 0.1) is 6.92 Å². The first kappa shape index (κ1) is 28.6. The van der Waals surface area contributed by atoms with Crippen molar-refractivity contribution in [2.45, 2.75) is 58.8 Å². The maximum absolute atomic E-state index is 12.0. The predicted octanol–water partition coefficient (Wildman–Crippen LogP) is 6.64. The van der Waals surface area contributed by atoms with E-state index >= 15 is 0 Å². The summed E-state index contributed by atoms with van der Waals surface area (Å²) < 4.78 is 5.96. The standard InChI is InChI=1S/C32H37NO5/c1-23-22-29(17-18-30(23)27-15-13-26(14-16-27)24(2)34)38-21-7-5-3-4-6-8-25-9-11-28(12-10-25)32(37)33-20-19-31(35)36/h9-18,22H,3-8,19-21H2,1-2H3,(H,33,37)(H,35,36). The van der Waals surface area contributed by atoms with Gasteiger partial charge in [-0.3, -0.25) is 14.4 Å². The molecule has 0 aliphatic carbocycles. The molecule has 3 rings (SSSR count). The van der Waals surface area contributed by atoms with Gasteiger partial charge in [0.25, 0.3) is 5.91 Å². The lowest BCUT2D eigenvalue weighted by atomic mass is 9.98. The van der Waals surface area contributed by atoms with Crippen molar-refractivity contribution in [2.75, 3.05) is 13.2 Å². The van der Waals surface area contributed by atoms with E-state index in [2.05, 4.69) is 24.4 Å². The molecule has 0 spiro atoms. The number of ketones is 1.